The van der Waals surface area contributed by atoms with Crippen molar-refractivity contribution in [3.63, 3.8) is 0 Å². The number of carbonyl (C=O) groups is 1. The topological polar surface area (TPSA) is 53.5 Å². The van der Waals surface area contributed by atoms with Gasteiger partial charge in [-0.25, -0.2) is 10.2 Å². The number of unbranched alkanes of at least 4 members (excludes halogenated alkanes) is 1. The number of urea groups is 1. The van der Waals surface area contributed by atoms with E-state index in [0.29, 0.717) is 0 Å². The molecule has 0 atom stereocenters. The molecular formula is C18H21N3O. The van der Waals surface area contributed by atoms with E-state index >= 15 is 0 Å². The summed E-state index contributed by atoms with van der Waals surface area (Å²) in [5, 5.41) is 7.03. The molecule has 0 spiro atoms. The average Bonchev–Trinajstić information content (AvgIpc) is 2.57. The first-order valence-corrected chi connectivity index (χ1v) is 7.53. The highest BCUT2D eigenvalue weighted by atomic mass is 16.2. The van der Waals surface area contributed by atoms with Crippen molar-refractivity contribution in [2.24, 2.45) is 5.10 Å². The van der Waals surface area contributed by atoms with Gasteiger partial charge in [0.25, 0.3) is 0 Å². The Morgan fingerprint density at radius 2 is 1.64 bits per heavy atom. The van der Waals surface area contributed by atoms with Crippen LogP contribution in [0.4, 0.5) is 10.5 Å². The third-order valence-electron chi connectivity index (χ3n) is 3.20. The van der Waals surface area contributed by atoms with Gasteiger partial charge in [0.05, 0.1) is 5.71 Å². The lowest BCUT2D eigenvalue weighted by molar-refractivity contribution is 0.252. The van der Waals surface area contributed by atoms with Crippen molar-refractivity contribution >= 4 is 17.4 Å². The SMILES string of the molecule is CCCC/C(=N/NC(=O)Nc1ccccc1)c1ccccc1. The van der Waals surface area contributed by atoms with Crippen LogP contribution in [0.1, 0.15) is 31.7 Å². The summed E-state index contributed by atoms with van der Waals surface area (Å²) in [6.07, 6.45) is 2.96. The number of hydrazone groups is 1. The molecule has 0 saturated heterocycles. The van der Waals surface area contributed by atoms with Crippen LogP contribution in [-0.4, -0.2) is 11.7 Å². The molecule has 4 heteroatoms. The minimum absolute atomic E-state index is 0.337. The maximum Gasteiger partial charge on any atom is 0.339 e. The van der Waals surface area contributed by atoms with Crippen molar-refractivity contribution in [2.45, 2.75) is 26.2 Å². The molecule has 0 aliphatic rings. The summed E-state index contributed by atoms with van der Waals surface area (Å²) in [5.74, 6) is 0. The molecule has 0 aliphatic carbocycles. The lowest BCUT2D eigenvalue weighted by atomic mass is 10.1. The van der Waals surface area contributed by atoms with E-state index < -0.39 is 0 Å². The Bertz CT molecular complexity index is 609. The first kappa shape index (κ1) is 15.8. The molecule has 0 heterocycles. The first-order valence-electron chi connectivity index (χ1n) is 7.53. The molecule has 22 heavy (non-hydrogen) atoms. The monoisotopic (exact) mass is 295 g/mol. The standard InChI is InChI=1S/C18H21N3O/c1-2-3-14-17(15-10-6-4-7-11-15)20-21-18(22)19-16-12-8-5-9-13-16/h4-13H,2-3,14H2,1H3,(H2,19,21,22)/b20-17-. The highest BCUT2D eigenvalue weighted by Crippen LogP contribution is 2.08. The Morgan fingerprint density at radius 1 is 1.00 bits per heavy atom. The summed E-state index contributed by atoms with van der Waals surface area (Å²) in [6.45, 7) is 2.14. The molecule has 2 rings (SSSR count). The predicted molar refractivity (Wildman–Crippen MR) is 91.1 cm³/mol. The van der Waals surface area contributed by atoms with Gasteiger partial charge in [-0.1, -0.05) is 61.9 Å². The van der Waals surface area contributed by atoms with E-state index in [0.717, 1.165) is 36.2 Å². The van der Waals surface area contributed by atoms with E-state index in [2.05, 4.69) is 22.8 Å². The molecule has 2 aromatic rings. The molecule has 2 N–H and O–H groups in total. The minimum Gasteiger partial charge on any atom is -0.307 e. The quantitative estimate of drug-likeness (QED) is 0.602. The van der Waals surface area contributed by atoms with E-state index in [4.69, 9.17) is 0 Å². The van der Waals surface area contributed by atoms with Crippen molar-refractivity contribution in [1.82, 2.24) is 5.43 Å². The van der Waals surface area contributed by atoms with E-state index in [-0.39, 0.29) is 6.03 Å². The van der Waals surface area contributed by atoms with Crippen LogP contribution in [0.25, 0.3) is 0 Å². The van der Waals surface area contributed by atoms with Crippen molar-refractivity contribution < 1.29 is 4.79 Å². The van der Waals surface area contributed by atoms with Crippen LogP contribution in [0.15, 0.2) is 65.8 Å². The van der Waals surface area contributed by atoms with Gasteiger partial charge >= 0.3 is 6.03 Å². The zero-order valence-corrected chi connectivity index (χ0v) is 12.8. The zero-order valence-electron chi connectivity index (χ0n) is 12.8. The van der Waals surface area contributed by atoms with Crippen LogP contribution < -0.4 is 10.7 Å². The average molecular weight is 295 g/mol. The summed E-state index contributed by atoms with van der Waals surface area (Å²) in [7, 11) is 0. The predicted octanol–water partition coefficient (Wildman–Crippen LogP) is 4.40. The lowest BCUT2D eigenvalue weighted by Gasteiger charge is -2.08. The molecule has 0 fully saturated rings. The molecule has 114 valence electrons. The Kier molecular flexibility index (Phi) is 6.18. The van der Waals surface area contributed by atoms with Gasteiger partial charge in [0, 0.05) is 5.69 Å². The summed E-state index contributed by atoms with van der Waals surface area (Å²) < 4.78 is 0. The number of nitrogens with one attached hydrogen (secondary N) is 2. The van der Waals surface area contributed by atoms with Crippen molar-refractivity contribution in [3.8, 4) is 0 Å². The fourth-order valence-corrected chi connectivity index (χ4v) is 2.04. The molecule has 0 radical (unpaired) electrons. The summed E-state index contributed by atoms with van der Waals surface area (Å²) in [5.41, 5.74) is 5.25. The van der Waals surface area contributed by atoms with Gasteiger partial charge in [-0.15, -0.1) is 0 Å². The van der Waals surface area contributed by atoms with Gasteiger partial charge in [-0.3, -0.25) is 0 Å². The van der Waals surface area contributed by atoms with Crippen LogP contribution in [0.5, 0.6) is 0 Å². The van der Waals surface area contributed by atoms with Gasteiger partial charge in [-0.05, 0) is 30.5 Å². The zero-order chi connectivity index (χ0) is 15.6. The molecule has 2 amide bonds. The molecule has 4 nitrogen and oxygen atoms in total. The van der Waals surface area contributed by atoms with Crippen molar-refractivity contribution in [3.05, 3.63) is 66.2 Å². The summed E-state index contributed by atoms with van der Waals surface area (Å²) >= 11 is 0. The molecule has 0 unspecified atom stereocenters. The highest BCUT2D eigenvalue weighted by molar-refractivity contribution is 6.01. The third kappa shape index (κ3) is 5.05. The molecular weight excluding hydrogens is 274 g/mol. The molecule has 0 saturated carbocycles. The van der Waals surface area contributed by atoms with Gasteiger partial charge in [-0.2, -0.15) is 5.10 Å². The van der Waals surface area contributed by atoms with Crippen LogP contribution in [0.3, 0.4) is 0 Å². The van der Waals surface area contributed by atoms with Crippen LogP contribution >= 0.6 is 0 Å². The van der Waals surface area contributed by atoms with E-state index in [1.165, 1.54) is 0 Å². The highest BCUT2D eigenvalue weighted by Gasteiger charge is 2.05. The smallest absolute Gasteiger partial charge is 0.307 e. The third-order valence-corrected chi connectivity index (χ3v) is 3.20. The van der Waals surface area contributed by atoms with E-state index in [1.807, 2.05) is 60.7 Å². The number of amides is 2. The fraction of sp³-hybridized carbons (Fsp3) is 0.222. The minimum atomic E-state index is -0.337. The molecule has 0 aromatic heterocycles. The summed E-state index contributed by atoms with van der Waals surface area (Å²) in [4.78, 5) is 11.9. The van der Waals surface area contributed by atoms with Gasteiger partial charge in [0.2, 0.25) is 0 Å². The van der Waals surface area contributed by atoms with Gasteiger partial charge in [0.1, 0.15) is 0 Å². The first-order chi connectivity index (χ1) is 10.8. The Morgan fingerprint density at radius 3 is 2.27 bits per heavy atom. The second-order valence-electron chi connectivity index (χ2n) is 4.96. The van der Waals surface area contributed by atoms with Crippen LogP contribution in [-0.2, 0) is 0 Å². The molecule has 0 bridgehead atoms. The lowest BCUT2D eigenvalue weighted by Crippen LogP contribution is -2.25. The van der Waals surface area contributed by atoms with Crippen molar-refractivity contribution in [2.75, 3.05) is 5.32 Å². The number of rotatable bonds is 6. The Labute approximate surface area is 131 Å². The second-order valence-corrected chi connectivity index (χ2v) is 4.96. The van der Waals surface area contributed by atoms with E-state index in [1.54, 1.807) is 0 Å². The maximum absolute atomic E-state index is 11.9. The number of hydrogen-bond donors (Lipinski definition) is 2. The number of carbonyl (C=O) groups excluding carboxylic acids is 1. The van der Waals surface area contributed by atoms with Crippen LogP contribution in [0, 0.1) is 0 Å². The maximum atomic E-state index is 11.9. The Balaban J connectivity index is 2.01. The number of hydrogen-bond acceptors (Lipinski definition) is 2. The molecule has 2 aromatic carbocycles. The second kappa shape index (κ2) is 8.62. The normalized spacial score (nSPS) is 11.0. The number of anilines is 1. The molecule has 0 aliphatic heterocycles. The number of benzene rings is 2. The van der Waals surface area contributed by atoms with Crippen molar-refractivity contribution in [1.29, 1.82) is 0 Å². The largest absolute Gasteiger partial charge is 0.339 e. The fourth-order valence-electron chi connectivity index (χ4n) is 2.04. The van der Waals surface area contributed by atoms with Gasteiger partial charge in [0.15, 0.2) is 0 Å². The Hall–Kier alpha value is -2.62. The van der Waals surface area contributed by atoms with Crippen LogP contribution in [0.2, 0.25) is 0 Å². The number of para-hydroxylation sites is 1. The number of nitrogens with zero attached hydrogens (tertiary/aromatic N) is 1. The van der Waals surface area contributed by atoms with E-state index in [9.17, 15) is 4.79 Å². The van der Waals surface area contributed by atoms with Gasteiger partial charge < -0.3 is 5.32 Å². The summed E-state index contributed by atoms with van der Waals surface area (Å²) in [6, 6.07) is 18.9.